The Hall–Kier alpha value is -0.790. The molecule has 0 aromatic carbocycles. The van der Waals surface area contributed by atoms with Gasteiger partial charge in [-0.05, 0) is 28.7 Å². The van der Waals surface area contributed by atoms with E-state index < -0.39 is 17.5 Å². The number of H-pyrrole nitrogens is 1. The molecule has 1 aromatic heterocycles. The Morgan fingerprint density at radius 1 is 1.54 bits per heavy atom. The lowest BCUT2D eigenvalue weighted by Crippen LogP contribution is -2.15. The summed E-state index contributed by atoms with van der Waals surface area (Å²) in [4.78, 5) is 23.4. The molecule has 6 heteroatoms. The Balaban J connectivity index is 3.41. The van der Waals surface area contributed by atoms with E-state index in [-0.39, 0.29) is 9.26 Å². The van der Waals surface area contributed by atoms with Gasteiger partial charge in [0.1, 0.15) is 0 Å². The summed E-state index contributed by atoms with van der Waals surface area (Å²) in [5.74, 6) is 0. The van der Waals surface area contributed by atoms with Crippen molar-refractivity contribution in [3.05, 3.63) is 31.2 Å². The third-order valence-corrected chi connectivity index (χ3v) is 2.50. The van der Waals surface area contributed by atoms with E-state index in [2.05, 4.69) is 4.98 Å². The van der Waals surface area contributed by atoms with E-state index in [9.17, 15) is 18.4 Å². The van der Waals surface area contributed by atoms with Crippen molar-refractivity contribution in [3.8, 4) is 0 Å². The standard InChI is InChI=1S/C7H4F2INO2/c8-6(9)4-1-3(2-12)11-7(13)5(4)10/h1-2,6H,(H,11,13). The number of aromatic amines is 1. The van der Waals surface area contributed by atoms with Crippen LogP contribution in [-0.4, -0.2) is 11.3 Å². The first-order valence-corrected chi connectivity index (χ1v) is 4.30. The number of halogens is 3. The molecule has 0 fully saturated rings. The number of hydrogen-bond donors (Lipinski definition) is 1. The van der Waals surface area contributed by atoms with Gasteiger partial charge < -0.3 is 4.98 Å². The minimum atomic E-state index is -2.74. The molecule has 0 aliphatic carbocycles. The van der Waals surface area contributed by atoms with E-state index in [0.717, 1.165) is 6.07 Å². The van der Waals surface area contributed by atoms with Crippen LogP contribution in [0.2, 0.25) is 0 Å². The molecular formula is C7H4F2INO2. The van der Waals surface area contributed by atoms with E-state index in [1.165, 1.54) is 22.6 Å². The lowest BCUT2D eigenvalue weighted by molar-refractivity contribution is 0.111. The van der Waals surface area contributed by atoms with Gasteiger partial charge in [-0.25, -0.2) is 8.78 Å². The van der Waals surface area contributed by atoms with Gasteiger partial charge in [0.15, 0.2) is 6.29 Å². The number of pyridine rings is 1. The molecule has 0 saturated carbocycles. The van der Waals surface area contributed by atoms with E-state index in [1.807, 2.05) is 0 Å². The molecule has 0 bridgehead atoms. The van der Waals surface area contributed by atoms with Crippen molar-refractivity contribution in [2.45, 2.75) is 6.43 Å². The van der Waals surface area contributed by atoms with Gasteiger partial charge in [-0.1, -0.05) is 0 Å². The molecule has 0 spiro atoms. The highest BCUT2D eigenvalue weighted by Crippen LogP contribution is 2.21. The van der Waals surface area contributed by atoms with Crippen LogP contribution in [0.25, 0.3) is 0 Å². The number of aldehydes is 1. The zero-order chi connectivity index (χ0) is 10.0. The summed E-state index contributed by atoms with van der Waals surface area (Å²) in [5, 5.41) is 0. The predicted molar refractivity (Wildman–Crippen MR) is 50.1 cm³/mol. The molecule has 0 unspecified atom stereocenters. The summed E-state index contributed by atoms with van der Waals surface area (Å²) in [6.45, 7) is 0. The lowest BCUT2D eigenvalue weighted by atomic mass is 10.2. The Morgan fingerprint density at radius 2 is 2.15 bits per heavy atom. The molecular weight excluding hydrogens is 295 g/mol. The number of alkyl halides is 2. The van der Waals surface area contributed by atoms with Crippen LogP contribution < -0.4 is 5.56 Å². The first-order chi connectivity index (χ1) is 6.06. The molecule has 1 rings (SSSR count). The van der Waals surface area contributed by atoms with Crippen LogP contribution in [0, 0.1) is 3.57 Å². The summed E-state index contributed by atoms with van der Waals surface area (Å²) in [6.07, 6.45) is -2.42. The molecule has 1 N–H and O–H groups in total. The van der Waals surface area contributed by atoms with Gasteiger partial charge in [0, 0.05) is 5.56 Å². The normalized spacial score (nSPS) is 10.5. The first-order valence-electron chi connectivity index (χ1n) is 3.22. The van der Waals surface area contributed by atoms with E-state index in [0.29, 0.717) is 6.29 Å². The smallest absolute Gasteiger partial charge is 0.265 e. The van der Waals surface area contributed by atoms with Gasteiger partial charge in [-0.15, -0.1) is 0 Å². The molecule has 0 atom stereocenters. The quantitative estimate of drug-likeness (QED) is 0.668. The van der Waals surface area contributed by atoms with Crippen molar-refractivity contribution in [1.82, 2.24) is 4.98 Å². The van der Waals surface area contributed by atoms with Crippen molar-refractivity contribution in [3.63, 3.8) is 0 Å². The third-order valence-electron chi connectivity index (χ3n) is 1.38. The molecule has 1 aromatic rings. The second-order valence-corrected chi connectivity index (χ2v) is 3.32. The summed E-state index contributed by atoms with van der Waals surface area (Å²) in [5.41, 5.74) is -1.22. The largest absolute Gasteiger partial charge is 0.319 e. The first kappa shape index (κ1) is 10.3. The average molecular weight is 299 g/mol. The number of carbonyl (C=O) groups is 1. The van der Waals surface area contributed by atoms with Crippen molar-refractivity contribution >= 4 is 28.9 Å². The summed E-state index contributed by atoms with van der Waals surface area (Å²) < 4.78 is 24.4. The number of carbonyl (C=O) groups excluding carboxylic acids is 1. The van der Waals surface area contributed by atoms with E-state index in [4.69, 9.17) is 0 Å². The maximum atomic E-state index is 12.3. The van der Waals surface area contributed by atoms with Crippen LogP contribution in [0.5, 0.6) is 0 Å². The Labute approximate surface area is 85.3 Å². The number of rotatable bonds is 2. The van der Waals surface area contributed by atoms with Crippen molar-refractivity contribution in [2.75, 3.05) is 0 Å². The van der Waals surface area contributed by atoms with Gasteiger partial charge in [0.25, 0.3) is 12.0 Å². The molecule has 0 saturated heterocycles. The highest BCUT2D eigenvalue weighted by atomic mass is 127. The van der Waals surface area contributed by atoms with E-state index in [1.54, 1.807) is 0 Å². The topological polar surface area (TPSA) is 49.9 Å². The fourth-order valence-corrected chi connectivity index (χ4v) is 1.33. The maximum absolute atomic E-state index is 12.3. The Kier molecular flexibility index (Phi) is 3.12. The van der Waals surface area contributed by atoms with E-state index >= 15 is 0 Å². The van der Waals surface area contributed by atoms with Crippen LogP contribution in [0.4, 0.5) is 8.78 Å². The molecule has 70 valence electrons. The fourth-order valence-electron chi connectivity index (χ4n) is 0.806. The molecule has 0 radical (unpaired) electrons. The van der Waals surface area contributed by atoms with Crippen molar-refractivity contribution < 1.29 is 13.6 Å². The molecule has 13 heavy (non-hydrogen) atoms. The highest BCUT2D eigenvalue weighted by Gasteiger charge is 2.15. The lowest BCUT2D eigenvalue weighted by Gasteiger charge is -2.02. The minimum Gasteiger partial charge on any atom is -0.319 e. The van der Waals surface area contributed by atoms with Crippen LogP contribution in [0.15, 0.2) is 10.9 Å². The monoisotopic (exact) mass is 299 g/mol. The molecule has 0 aliphatic rings. The molecule has 3 nitrogen and oxygen atoms in total. The third kappa shape index (κ3) is 2.11. The van der Waals surface area contributed by atoms with Crippen molar-refractivity contribution in [2.24, 2.45) is 0 Å². The van der Waals surface area contributed by atoms with Gasteiger partial charge >= 0.3 is 0 Å². The van der Waals surface area contributed by atoms with Gasteiger partial charge in [0.05, 0.1) is 9.26 Å². The molecule has 0 amide bonds. The molecule has 1 heterocycles. The predicted octanol–water partition coefficient (Wildman–Crippen LogP) is 1.73. The zero-order valence-electron chi connectivity index (χ0n) is 6.18. The van der Waals surface area contributed by atoms with Gasteiger partial charge in [0.2, 0.25) is 0 Å². The Morgan fingerprint density at radius 3 is 2.62 bits per heavy atom. The summed E-state index contributed by atoms with van der Waals surface area (Å²) in [7, 11) is 0. The SMILES string of the molecule is O=Cc1cc(C(F)F)c(I)c(=O)[nH]1. The number of aromatic nitrogens is 1. The maximum Gasteiger partial charge on any atom is 0.265 e. The fraction of sp³-hybridized carbons (Fsp3) is 0.143. The average Bonchev–Trinajstić information content (AvgIpc) is 2.09. The number of nitrogens with one attached hydrogen (secondary N) is 1. The van der Waals surface area contributed by atoms with Crippen LogP contribution in [0.1, 0.15) is 22.5 Å². The summed E-state index contributed by atoms with van der Waals surface area (Å²) >= 11 is 1.51. The highest BCUT2D eigenvalue weighted by molar-refractivity contribution is 14.1. The summed E-state index contributed by atoms with van der Waals surface area (Å²) in [6, 6.07) is 0.973. The molecule has 0 aliphatic heterocycles. The Bertz CT molecular complexity index is 389. The van der Waals surface area contributed by atoms with Gasteiger partial charge in [-0.2, -0.15) is 0 Å². The zero-order valence-corrected chi connectivity index (χ0v) is 8.34. The second-order valence-electron chi connectivity index (χ2n) is 2.24. The van der Waals surface area contributed by atoms with Crippen LogP contribution in [-0.2, 0) is 0 Å². The number of hydrogen-bond acceptors (Lipinski definition) is 2. The second kappa shape index (κ2) is 3.95. The van der Waals surface area contributed by atoms with Crippen molar-refractivity contribution in [1.29, 1.82) is 0 Å². The van der Waals surface area contributed by atoms with Gasteiger partial charge in [-0.3, -0.25) is 9.59 Å². The van der Waals surface area contributed by atoms with Crippen LogP contribution >= 0.6 is 22.6 Å². The minimum absolute atomic E-state index is 0.0850. The van der Waals surface area contributed by atoms with Crippen LogP contribution in [0.3, 0.4) is 0 Å².